The van der Waals surface area contributed by atoms with E-state index in [1.807, 2.05) is 6.07 Å². The van der Waals surface area contributed by atoms with E-state index < -0.39 is 10.8 Å². The number of likely N-dealkylation sites (N-methyl/N-ethyl adjacent to an activating group) is 1. The van der Waals surface area contributed by atoms with Crippen LogP contribution < -0.4 is 0 Å². The predicted molar refractivity (Wildman–Crippen MR) is 60.7 cm³/mol. The molecule has 1 aromatic carbocycles. The van der Waals surface area contributed by atoms with E-state index in [1.54, 1.807) is 38.4 Å². The molecule has 0 aromatic heterocycles. The van der Waals surface area contributed by atoms with Crippen molar-refractivity contribution in [1.29, 1.82) is 0 Å². The quantitative estimate of drug-likeness (QED) is 0.726. The molecule has 0 aliphatic heterocycles. The first-order valence-corrected chi connectivity index (χ1v) is 5.56. The number of carbonyl (C=O) groups is 1. The molecule has 0 saturated carbocycles. The molecule has 80 valence electrons. The number of hydrogen-bond acceptors (Lipinski definition) is 2. The van der Waals surface area contributed by atoms with Crippen molar-refractivity contribution in [2.75, 3.05) is 14.1 Å². The van der Waals surface area contributed by atoms with Gasteiger partial charge < -0.3 is 4.90 Å². The molecular weight excluding hydrogens is 210 g/mol. The van der Waals surface area contributed by atoms with Crippen LogP contribution in [0.3, 0.4) is 0 Å². The summed E-state index contributed by atoms with van der Waals surface area (Å²) in [6, 6.07) is 8.81. The lowest BCUT2D eigenvalue weighted by molar-refractivity contribution is -0.123. The van der Waals surface area contributed by atoms with Crippen molar-refractivity contribution in [3.05, 3.63) is 41.8 Å². The zero-order valence-electron chi connectivity index (χ0n) is 8.77. The third-order valence-electron chi connectivity index (χ3n) is 1.83. The molecule has 1 rings (SSSR count). The van der Waals surface area contributed by atoms with E-state index in [4.69, 9.17) is 0 Å². The number of amides is 1. The summed E-state index contributed by atoms with van der Waals surface area (Å²) in [6.07, 6.45) is 0. The largest absolute Gasteiger partial charge is 0.344 e. The molecule has 1 aromatic rings. The second-order valence-corrected chi connectivity index (χ2v) is 4.71. The minimum Gasteiger partial charge on any atom is -0.344 e. The fraction of sp³-hybridized carbons (Fsp3) is 0.182. The molecule has 0 N–H and O–H groups in total. The van der Waals surface area contributed by atoms with Crippen molar-refractivity contribution in [2.45, 2.75) is 4.90 Å². The maximum Gasteiger partial charge on any atom is 0.262 e. The van der Waals surface area contributed by atoms with Crippen molar-refractivity contribution in [2.24, 2.45) is 0 Å². The Hall–Kier alpha value is -1.42. The highest BCUT2D eigenvalue weighted by molar-refractivity contribution is 7.90. The van der Waals surface area contributed by atoms with Gasteiger partial charge in [0.2, 0.25) is 0 Å². The third kappa shape index (κ3) is 2.76. The molecule has 0 bridgehead atoms. The van der Waals surface area contributed by atoms with Crippen molar-refractivity contribution in [1.82, 2.24) is 4.90 Å². The van der Waals surface area contributed by atoms with Crippen molar-refractivity contribution in [3.63, 3.8) is 0 Å². The number of nitrogens with zero attached hydrogens (tertiary/aromatic N) is 1. The van der Waals surface area contributed by atoms with Gasteiger partial charge in [0.25, 0.3) is 5.91 Å². The van der Waals surface area contributed by atoms with E-state index in [-0.39, 0.29) is 10.8 Å². The van der Waals surface area contributed by atoms with Gasteiger partial charge in [-0.25, -0.2) is 4.21 Å². The van der Waals surface area contributed by atoms with Crippen LogP contribution in [0.2, 0.25) is 0 Å². The zero-order chi connectivity index (χ0) is 11.4. The Labute approximate surface area is 91.9 Å². The molecule has 0 fully saturated rings. The van der Waals surface area contributed by atoms with Crippen molar-refractivity contribution in [3.8, 4) is 0 Å². The topological polar surface area (TPSA) is 37.4 Å². The van der Waals surface area contributed by atoms with E-state index in [2.05, 4.69) is 6.58 Å². The van der Waals surface area contributed by atoms with Gasteiger partial charge in [0, 0.05) is 19.0 Å². The summed E-state index contributed by atoms with van der Waals surface area (Å²) >= 11 is 0. The summed E-state index contributed by atoms with van der Waals surface area (Å²) < 4.78 is 11.9. The number of rotatable bonds is 3. The summed E-state index contributed by atoms with van der Waals surface area (Å²) in [5, 5.41) is 0. The van der Waals surface area contributed by atoms with Crippen molar-refractivity contribution < 1.29 is 9.00 Å². The molecule has 0 aliphatic carbocycles. The molecule has 0 heterocycles. The molecule has 0 saturated heterocycles. The van der Waals surface area contributed by atoms with Crippen LogP contribution in [0.25, 0.3) is 0 Å². The van der Waals surface area contributed by atoms with Gasteiger partial charge in [-0.1, -0.05) is 24.8 Å². The monoisotopic (exact) mass is 223 g/mol. The van der Waals surface area contributed by atoms with E-state index in [1.165, 1.54) is 4.90 Å². The first kappa shape index (κ1) is 11.7. The Morgan fingerprint density at radius 3 is 2.27 bits per heavy atom. The predicted octanol–water partition coefficient (Wildman–Crippen LogP) is 1.40. The molecule has 1 unspecified atom stereocenters. The molecule has 4 heteroatoms. The summed E-state index contributed by atoms with van der Waals surface area (Å²) in [5.74, 6) is -0.308. The Morgan fingerprint density at radius 2 is 1.80 bits per heavy atom. The normalized spacial score (nSPS) is 11.9. The maximum atomic E-state index is 11.9. The standard InChI is InChI=1S/C11H13NO2S/c1-9(11(13)12(2)3)15(14)10-7-5-4-6-8-10/h4-8H,1H2,2-3H3. The van der Waals surface area contributed by atoms with Crippen LogP contribution in [0.15, 0.2) is 46.7 Å². The van der Waals surface area contributed by atoms with E-state index >= 15 is 0 Å². The van der Waals surface area contributed by atoms with Crippen LogP contribution in [0, 0.1) is 0 Å². The van der Waals surface area contributed by atoms with Gasteiger partial charge in [0.15, 0.2) is 0 Å². The van der Waals surface area contributed by atoms with Gasteiger partial charge >= 0.3 is 0 Å². The Kier molecular flexibility index (Phi) is 3.80. The van der Waals surface area contributed by atoms with Crippen LogP contribution >= 0.6 is 0 Å². The first-order chi connectivity index (χ1) is 7.04. The molecule has 1 atom stereocenters. The number of benzene rings is 1. The summed E-state index contributed by atoms with van der Waals surface area (Å²) in [5.41, 5.74) is 0. The van der Waals surface area contributed by atoms with Crippen LogP contribution in [0.5, 0.6) is 0 Å². The highest BCUT2D eigenvalue weighted by Crippen LogP contribution is 2.13. The Balaban J connectivity index is 2.88. The average Bonchev–Trinajstić information content (AvgIpc) is 2.27. The van der Waals surface area contributed by atoms with E-state index in [0.717, 1.165) is 0 Å². The van der Waals surface area contributed by atoms with Crippen LogP contribution in [0.4, 0.5) is 0 Å². The lowest BCUT2D eigenvalue weighted by Crippen LogP contribution is -2.24. The fourth-order valence-corrected chi connectivity index (χ4v) is 2.05. The summed E-state index contributed by atoms with van der Waals surface area (Å²) in [4.78, 5) is 13.6. The fourth-order valence-electron chi connectivity index (χ4n) is 1.02. The smallest absolute Gasteiger partial charge is 0.262 e. The van der Waals surface area contributed by atoms with E-state index in [0.29, 0.717) is 4.90 Å². The third-order valence-corrected chi connectivity index (χ3v) is 3.15. The van der Waals surface area contributed by atoms with Gasteiger partial charge in [0.05, 0.1) is 10.8 Å². The van der Waals surface area contributed by atoms with Gasteiger partial charge in [-0.05, 0) is 12.1 Å². The van der Waals surface area contributed by atoms with Crippen LogP contribution in [-0.2, 0) is 15.6 Å². The number of hydrogen-bond donors (Lipinski definition) is 0. The maximum absolute atomic E-state index is 11.9. The Bertz CT molecular complexity index is 398. The second-order valence-electron chi connectivity index (χ2n) is 3.20. The highest BCUT2D eigenvalue weighted by Gasteiger charge is 2.17. The van der Waals surface area contributed by atoms with Crippen LogP contribution in [-0.4, -0.2) is 29.1 Å². The van der Waals surface area contributed by atoms with Gasteiger partial charge in [-0.3, -0.25) is 4.79 Å². The van der Waals surface area contributed by atoms with Gasteiger partial charge in [-0.2, -0.15) is 0 Å². The van der Waals surface area contributed by atoms with E-state index in [9.17, 15) is 9.00 Å². The highest BCUT2D eigenvalue weighted by atomic mass is 32.2. The Morgan fingerprint density at radius 1 is 1.27 bits per heavy atom. The lowest BCUT2D eigenvalue weighted by Gasteiger charge is -2.11. The lowest BCUT2D eigenvalue weighted by atomic mass is 10.4. The SMILES string of the molecule is C=C(C(=O)N(C)C)S(=O)c1ccccc1. The summed E-state index contributed by atoms with van der Waals surface area (Å²) in [6.45, 7) is 3.56. The second kappa shape index (κ2) is 4.89. The molecule has 0 aliphatic rings. The van der Waals surface area contributed by atoms with Gasteiger partial charge in [0.1, 0.15) is 4.91 Å². The van der Waals surface area contributed by atoms with Crippen molar-refractivity contribution >= 4 is 16.7 Å². The first-order valence-electron chi connectivity index (χ1n) is 4.41. The average molecular weight is 223 g/mol. The number of carbonyl (C=O) groups excluding carboxylic acids is 1. The minimum atomic E-state index is -1.46. The molecule has 3 nitrogen and oxygen atoms in total. The molecular formula is C11H13NO2S. The zero-order valence-corrected chi connectivity index (χ0v) is 9.58. The van der Waals surface area contributed by atoms with Gasteiger partial charge in [-0.15, -0.1) is 0 Å². The van der Waals surface area contributed by atoms with Crippen LogP contribution in [0.1, 0.15) is 0 Å². The molecule has 0 spiro atoms. The molecule has 15 heavy (non-hydrogen) atoms. The molecule has 0 radical (unpaired) electrons. The molecule has 1 amide bonds. The summed E-state index contributed by atoms with van der Waals surface area (Å²) in [7, 11) is 1.75. The minimum absolute atomic E-state index is 0.103.